The van der Waals surface area contributed by atoms with E-state index in [1.165, 1.54) is 16.7 Å². The number of benzene rings is 2. The second-order valence-electron chi connectivity index (χ2n) is 6.84. The van der Waals surface area contributed by atoms with Crippen molar-refractivity contribution < 1.29 is 17.6 Å². The minimum atomic E-state index is -3.56. The molecule has 31 heavy (non-hydrogen) atoms. The Labute approximate surface area is 177 Å². The van der Waals surface area contributed by atoms with E-state index in [4.69, 9.17) is 0 Å². The number of aromatic amines is 1. The molecule has 0 spiro atoms. The fourth-order valence-corrected chi connectivity index (χ4v) is 4.20. The smallest absolute Gasteiger partial charge is 0.324 e. The van der Waals surface area contributed by atoms with E-state index in [1.54, 1.807) is 31.2 Å². The number of aryl methyl sites for hydroxylation is 1. The van der Waals surface area contributed by atoms with Gasteiger partial charge in [-0.05, 0) is 30.7 Å². The Morgan fingerprint density at radius 1 is 1.16 bits per heavy atom. The van der Waals surface area contributed by atoms with Gasteiger partial charge in [-0.25, -0.2) is 17.6 Å². The van der Waals surface area contributed by atoms with Crippen LogP contribution >= 0.6 is 0 Å². The summed E-state index contributed by atoms with van der Waals surface area (Å²) in [6.07, 6.45) is 0.264. The van der Waals surface area contributed by atoms with Crippen LogP contribution in [-0.2, 0) is 21.4 Å². The van der Waals surface area contributed by atoms with Crippen molar-refractivity contribution in [3.63, 3.8) is 0 Å². The van der Waals surface area contributed by atoms with E-state index in [-0.39, 0.29) is 30.1 Å². The summed E-state index contributed by atoms with van der Waals surface area (Å²) in [5.41, 5.74) is -0.847. The Morgan fingerprint density at radius 2 is 1.90 bits per heavy atom. The van der Waals surface area contributed by atoms with Crippen LogP contribution in [0.5, 0.6) is 0 Å². The molecule has 1 aromatic heterocycles. The van der Waals surface area contributed by atoms with Crippen molar-refractivity contribution in [3.8, 4) is 0 Å². The van der Waals surface area contributed by atoms with Gasteiger partial charge in [-0.2, -0.15) is 0 Å². The van der Waals surface area contributed by atoms with Gasteiger partial charge in [0.15, 0.2) is 0 Å². The van der Waals surface area contributed by atoms with Crippen molar-refractivity contribution >= 4 is 38.2 Å². The Bertz CT molecular complexity index is 1350. The van der Waals surface area contributed by atoms with Gasteiger partial charge in [-0.1, -0.05) is 19.1 Å². The largest absolute Gasteiger partial charge is 0.328 e. The van der Waals surface area contributed by atoms with Crippen molar-refractivity contribution in [2.45, 2.75) is 26.3 Å². The highest BCUT2D eigenvalue weighted by molar-refractivity contribution is 7.92. The summed E-state index contributed by atoms with van der Waals surface area (Å²) in [5.74, 6) is -1.46. The van der Waals surface area contributed by atoms with Gasteiger partial charge in [0.05, 0.1) is 28.0 Å². The number of carbonyl (C=O) groups is 1. The monoisotopic (exact) mass is 448 g/mol. The number of aromatic nitrogens is 2. The molecule has 0 fully saturated rings. The number of halogens is 1. The third-order valence-corrected chi connectivity index (χ3v) is 5.95. The lowest BCUT2D eigenvalue weighted by atomic mass is 10.2. The Hall–Kier alpha value is -3.47. The molecule has 9 nitrogen and oxygen atoms in total. The van der Waals surface area contributed by atoms with Gasteiger partial charge in [0.1, 0.15) is 5.82 Å². The minimum Gasteiger partial charge on any atom is -0.324 e. The zero-order chi connectivity index (χ0) is 22.6. The van der Waals surface area contributed by atoms with Crippen LogP contribution in [0, 0.1) is 5.82 Å². The number of carbonyl (C=O) groups excluding carboxylic acids is 1. The van der Waals surface area contributed by atoms with Crippen LogP contribution in [0.25, 0.3) is 10.9 Å². The molecule has 0 aliphatic heterocycles. The van der Waals surface area contributed by atoms with Crippen molar-refractivity contribution in [2.75, 3.05) is 15.8 Å². The van der Waals surface area contributed by atoms with Gasteiger partial charge in [0.2, 0.25) is 15.9 Å². The van der Waals surface area contributed by atoms with Crippen LogP contribution in [0.4, 0.5) is 15.8 Å². The maximum atomic E-state index is 14.3. The molecule has 0 aliphatic rings. The molecular weight excluding hydrogens is 427 g/mol. The van der Waals surface area contributed by atoms with Gasteiger partial charge in [0.25, 0.3) is 5.56 Å². The van der Waals surface area contributed by atoms with Crippen LogP contribution < -0.4 is 21.3 Å². The lowest BCUT2D eigenvalue weighted by Gasteiger charge is -2.11. The highest BCUT2D eigenvalue weighted by Crippen LogP contribution is 2.20. The number of hydrogen-bond acceptors (Lipinski definition) is 5. The number of nitrogens with zero attached hydrogens (tertiary/aromatic N) is 1. The standard InChI is InChI=1S/C20H21FN4O5S/c1-2-11-31(29,30)24-13-7-8-16(15(21)12-13)22-18(26)9-10-25-17-6-4-3-5-14(17)19(27)23-20(25)28/h3-8,12,24H,2,9-11H2,1H3,(H,22,26)(H,23,27,28). The summed E-state index contributed by atoms with van der Waals surface area (Å²) < 4.78 is 41.4. The molecule has 0 radical (unpaired) electrons. The van der Waals surface area contributed by atoms with Crippen molar-refractivity contribution in [1.29, 1.82) is 0 Å². The Kier molecular flexibility index (Phi) is 6.54. The lowest BCUT2D eigenvalue weighted by Crippen LogP contribution is -2.31. The van der Waals surface area contributed by atoms with Gasteiger partial charge in [0, 0.05) is 19.0 Å². The van der Waals surface area contributed by atoms with E-state index in [0.717, 1.165) is 6.07 Å². The quantitative estimate of drug-likeness (QED) is 0.485. The molecule has 0 saturated carbocycles. The van der Waals surface area contributed by atoms with Gasteiger partial charge in [-0.15, -0.1) is 0 Å². The van der Waals surface area contributed by atoms with Crippen LogP contribution in [-0.4, -0.2) is 29.6 Å². The SMILES string of the molecule is CCCS(=O)(=O)Nc1ccc(NC(=O)CCn2c(=O)[nH]c(=O)c3ccccc32)c(F)c1. The Balaban J connectivity index is 1.70. The van der Waals surface area contributed by atoms with E-state index in [1.807, 2.05) is 0 Å². The molecule has 0 bridgehead atoms. The lowest BCUT2D eigenvalue weighted by molar-refractivity contribution is -0.116. The number of sulfonamides is 1. The number of amides is 1. The maximum absolute atomic E-state index is 14.3. The fraction of sp³-hybridized carbons (Fsp3) is 0.250. The van der Waals surface area contributed by atoms with Crippen molar-refractivity contribution in [3.05, 3.63) is 69.1 Å². The maximum Gasteiger partial charge on any atom is 0.328 e. The zero-order valence-electron chi connectivity index (χ0n) is 16.6. The van der Waals surface area contributed by atoms with Gasteiger partial charge in [-0.3, -0.25) is 23.9 Å². The number of fused-ring (bicyclic) bond motifs is 1. The van der Waals surface area contributed by atoms with E-state index in [0.29, 0.717) is 17.3 Å². The van der Waals surface area contributed by atoms with E-state index < -0.39 is 33.0 Å². The normalized spacial score (nSPS) is 11.4. The number of anilines is 2. The summed E-state index contributed by atoms with van der Waals surface area (Å²) in [7, 11) is -3.56. The Morgan fingerprint density at radius 3 is 2.61 bits per heavy atom. The van der Waals surface area contributed by atoms with Crippen LogP contribution in [0.15, 0.2) is 52.1 Å². The molecule has 0 aliphatic carbocycles. The molecule has 3 N–H and O–H groups in total. The number of hydrogen-bond donors (Lipinski definition) is 3. The van der Waals surface area contributed by atoms with Crippen LogP contribution in [0.1, 0.15) is 19.8 Å². The first-order chi connectivity index (χ1) is 14.7. The van der Waals surface area contributed by atoms with E-state index in [9.17, 15) is 27.2 Å². The molecule has 1 heterocycles. The molecular formula is C20H21FN4O5S. The fourth-order valence-electron chi connectivity index (χ4n) is 3.07. The molecule has 0 unspecified atom stereocenters. The number of rotatable bonds is 8. The first-order valence-electron chi connectivity index (χ1n) is 9.52. The summed E-state index contributed by atoms with van der Waals surface area (Å²) in [4.78, 5) is 38.5. The minimum absolute atomic E-state index is 0.0293. The van der Waals surface area contributed by atoms with E-state index in [2.05, 4.69) is 15.0 Å². The first-order valence-corrected chi connectivity index (χ1v) is 11.2. The molecule has 1 amide bonds. The molecule has 0 saturated heterocycles. The predicted molar refractivity (Wildman–Crippen MR) is 116 cm³/mol. The summed E-state index contributed by atoms with van der Waals surface area (Å²) in [5, 5.41) is 2.71. The third kappa shape index (κ3) is 5.37. The van der Waals surface area contributed by atoms with Crippen LogP contribution in [0.2, 0.25) is 0 Å². The summed E-state index contributed by atoms with van der Waals surface area (Å²) >= 11 is 0. The zero-order valence-corrected chi connectivity index (χ0v) is 17.5. The molecule has 3 aromatic rings. The number of nitrogens with one attached hydrogen (secondary N) is 3. The highest BCUT2D eigenvalue weighted by atomic mass is 32.2. The van der Waals surface area contributed by atoms with Crippen molar-refractivity contribution in [2.24, 2.45) is 0 Å². The molecule has 0 atom stereocenters. The summed E-state index contributed by atoms with van der Waals surface area (Å²) in [6, 6.07) is 10.1. The average molecular weight is 448 g/mol. The topological polar surface area (TPSA) is 130 Å². The molecule has 3 rings (SSSR count). The summed E-state index contributed by atoms with van der Waals surface area (Å²) in [6.45, 7) is 1.68. The second kappa shape index (κ2) is 9.13. The first kappa shape index (κ1) is 22.2. The van der Waals surface area contributed by atoms with Gasteiger partial charge >= 0.3 is 5.69 Å². The van der Waals surface area contributed by atoms with E-state index >= 15 is 0 Å². The predicted octanol–water partition coefficient (Wildman–Crippen LogP) is 2.01. The van der Waals surface area contributed by atoms with Crippen molar-refractivity contribution in [1.82, 2.24) is 9.55 Å². The van der Waals surface area contributed by atoms with Gasteiger partial charge < -0.3 is 5.32 Å². The molecule has 164 valence electrons. The van der Waals surface area contributed by atoms with Crippen LogP contribution in [0.3, 0.4) is 0 Å². The number of para-hydroxylation sites is 1. The third-order valence-electron chi connectivity index (χ3n) is 4.46. The average Bonchev–Trinajstić information content (AvgIpc) is 2.69. The number of H-pyrrole nitrogens is 1. The highest BCUT2D eigenvalue weighted by Gasteiger charge is 2.13. The molecule has 11 heteroatoms. The second-order valence-corrected chi connectivity index (χ2v) is 8.68. The molecule has 2 aromatic carbocycles.